The summed E-state index contributed by atoms with van der Waals surface area (Å²) in [5.74, 6) is -0.206. The SMILES string of the molecule is C=CCn1c(=S)[nH]c2cc(C(=O)NCCCOC(C)c3ccccc3)ccc2c1=O. The monoisotopic (exact) mass is 423 g/mol. The van der Waals surface area contributed by atoms with Crippen LogP contribution in [0.4, 0.5) is 0 Å². The zero-order chi connectivity index (χ0) is 21.5. The maximum atomic E-state index is 12.5. The summed E-state index contributed by atoms with van der Waals surface area (Å²) < 4.78 is 7.55. The molecule has 3 rings (SSSR count). The molecule has 2 aromatic carbocycles. The minimum absolute atomic E-state index is 0.00986. The minimum atomic E-state index is -0.206. The average molecular weight is 424 g/mol. The van der Waals surface area contributed by atoms with Crippen molar-refractivity contribution in [2.24, 2.45) is 0 Å². The molecule has 3 aromatic rings. The van der Waals surface area contributed by atoms with Crippen molar-refractivity contribution in [2.75, 3.05) is 13.2 Å². The maximum absolute atomic E-state index is 12.5. The molecule has 0 fully saturated rings. The summed E-state index contributed by atoms with van der Waals surface area (Å²) in [5, 5.41) is 3.36. The number of benzene rings is 2. The van der Waals surface area contributed by atoms with Gasteiger partial charge in [-0.15, -0.1) is 6.58 Å². The molecule has 0 radical (unpaired) electrons. The molecule has 1 amide bonds. The molecule has 0 aliphatic carbocycles. The van der Waals surface area contributed by atoms with Crippen LogP contribution in [-0.2, 0) is 11.3 Å². The Labute approximate surface area is 180 Å². The van der Waals surface area contributed by atoms with Crippen molar-refractivity contribution in [3.63, 3.8) is 0 Å². The number of H-pyrrole nitrogens is 1. The van der Waals surface area contributed by atoms with Gasteiger partial charge in [0.25, 0.3) is 11.5 Å². The number of carbonyl (C=O) groups excluding carboxylic acids is 1. The van der Waals surface area contributed by atoms with Gasteiger partial charge in [-0.25, -0.2) is 0 Å². The van der Waals surface area contributed by atoms with Crippen LogP contribution < -0.4 is 10.9 Å². The van der Waals surface area contributed by atoms with Crippen molar-refractivity contribution >= 4 is 29.0 Å². The zero-order valence-electron chi connectivity index (χ0n) is 16.9. The lowest BCUT2D eigenvalue weighted by molar-refractivity contribution is 0.0635. The molecule has 0 saturated heterocycles. The largest absolute Gasteiger partial charge is 0.374 e. The molecule has 6 nitrogen and oxygen atoms in total. The van der Waals surface area contributed by atoms with E-state index in [1.807, 2.05) is 37.3 Å². The predicted molar refractivity (Wildman–Crippen MR) is 121 cm³/mol. The molecule has 0 spiro atoms. The number of hydrogen-bond donors (Lipinski definition) is 2. The van der Waals surface area contributed by atoms with Crippen molar-refractivity contribution in [1.29, 1.82) is 0 Å². The van der Waals surface area contributed by atoms with Crippen molar-refractivity contribution < 1.29 is 9.53 Å². The van der Waals surface area contributed by atoms with Gasteiger partial charge in [0.05, 0.1) is 17.0 Å². The van der Waals surface area contributed by atoms with Crippen LogP contribution in [0.3, 0.4) is 0 Å². The van der Waals surface area contributed by atoms with Gasteiger partial charge in [-0.3, -0.25) is 14.2 Å². The summed E-state index contributed by atoms with van der Waals surface area (Å²) in [6, 6.07) is 14.9. The molecule has 0 aliphatic heterocycles. The number of rotatable bonds is 9. The number of hydrogen-bond acceptors (Lipinski definition) is 4. The Kier molecular flexibility index (Phi) is 7.32. The molecule has 1 aromatic heterocycles. The molecule has 156 valence electrons. The summed E-state index contributed by atoms with van der Waals surface area (Å²) in [6.07, 6.45) is 2.32. The number of nitrogens with one attached hydrogen (secondary N) is 2. The van der Waals surface area contributed by atoms with E-state index in [0.29, 0.717) is 47.4 Å². The number of allylic oxidation sites excluding steroid dienone is 1. The van der Waals surface area contributed by atoms with Gasteiger partial charge in [0, 0.05) is 25.3 Å². The smallest absolute Gasteiger partial charge is 0.262 e. The van der Waals surface area contributed by atoms with Gasteiger partial charge >= 0.3 is 0 Å². The summed E-state index contributed by atoms with van der Waals surface area (Å²) >= 11 is 5.24. The molecule has 30 heavy (non-hydrogen) atoms. The number of carbonyl (C=O) groups is 1. The second-order valence-corrected chi connectivity index (χ2v) is 7.31. The van der Waals surface area contributed by atoms with E-state index in [-0.39, 0.29) is 17.6 Å². The van der Waals surface area contributed by atoms with Crippen LogP contribution in [0, 0.1) is 4.77 Å². The molecule has 0 bridgehead atoms. The number of aromatic nitrogens is 2. The van der Waals surface area contributed by atoms with Crippen LogP contribution in [0.5, 0.6) is 0 Å². The van der Waals surface area contributed by atoms with Crippen LogP contribution >= 0.6 is 12.2 Å². The number of fused-ring (bicyclic) bond motifs is 1. The fourth-order valence-corrected chi connectivity index (χ4v) is 3.41. The lowest BCUT2D eigenvalue weighted by Crippen LogP contribution is -2.26. The Morgan fingerprint density at radius 3 is 2.80 bits per heavy atom. The lowest BCUT2D eigenvalue weighted by atomic mass is 10.1. The van der Waals surface area contributed by atoms with E-state index in [0.717, 1.165) is 5.56 Å². The quantitative estimate of drug-likeness (QED) is 0.308. The van der Waals surface area contributed by atoms with E-state index in [2.05, 4.69) is 16.9 Å². The maximum Gasteiger partial charge on any atom is 0.262 e. The van der Waals surface area contributed by atoms with E-state index >= 15 is 0 Å². The first kappa shape index (κ1) is 21.7. The first-order valence-corrected chi connectivity index (χ1v) is 10.2. The molecule has 1 atom stereocenters. The van der Waals surface area contributed by atoms with E-state index in [1.165, 1.54) is 4.57 Å². The number of aromatic amines is 1. The zero-order valence-corrected chi connectivity index (χ0v) is 17.7. The third kappa shape index (κ3) is 5.11. The fourth-order valence-electron chi connectivity index (χ4n) is 3.15. The van der Waals surface area contributed by atoms with Gasteiger partial charge in [0.2, 0.25) is 0 Å². The number of amides is 1. The molecule has 7 heteroatoms. The first-order chi connectivity index (χ1) is 14.5. The van der Waals surface area contributed by atoms with Crippen molar-refractivity contribution in [3.8, 4) is 0 Å². The molecular weight excluding hydrogens is 398 g/mol. The molecule has 1 unspecified atom stereocenters. The van der Waals surface area contributed by atoms with Crippen LogP contribution in [0.1, 0.15) is 35.4 Å². The summed E-state index contributed by atoms with van der Waals surface area (Å²) in [4.78, 5) is 28.0. The predicted octanol–water partition coefficient (Wildman–Crippen LogP) is 4.14. The Bertz CT molecular complexity index is 1150. The summed E-state index contributed by atoms with van der Waals surface area (Å²) in [7, 11) is 0. The highest BCUT2D eigenvalue weighted by atomic mass is 32.1. The molecular formula is C23H25N3O3S. The van der Waals surface area contributed by atoms with Gasteiger partial charge in [-0.05, 0) is 49.3 Å². The van der Waals surface area contributed by atoms with Crippen molar-refractivity contribution in [3.05, 3.63) is 87.4 Å². The summed E-state index contributed by atoms with van der Waals surface area (Å²) in [6.45, 7) is 7.02. The third-order valence-electron chi connectivity index (χ3n) is 4.80. The highest BCUT2D eigenvalue weighted by Crippen LogP contribution is 2.16. The molecule has 2 N–H and O–H groups in total. The highest BCUT2D eigenvalue weighted by molar-refractivity contribution is 7.71. The Morgan fingerprint density at radius 2 is 2.07 bits per heavy atom. The van der Waals surface area contributed by atoms with Crippen LogP contribution in [0.2, 0.25) is 0 Å². The van der Waals surface area contributed by atoms with E-state index in [1.54, 1.807) is 24.3 Å². The van der Waals surface area contributed by atoms with Gasteiger partial charge < -0.3 is 15.0 Å². The average Bonchev–Trinajstić information content (AvgIpc) is 2.76. The van der Waals surface area contributed by atoms with Crippen molar-refractivity contribution in [2.45, 2.75) is 26.0 Å². The number of ether oxygens (including phenoxy) is 1. The fraction of sp³-hybridized carbons (Fsp3) is 0.261. The topological polar surface area (TPSA) is 76.1 Å². The van der Waals surface area contributed by atoms with Gasteiger partial charge in [-0.2, -0.15) is 0 Å². The van der Waals surface area contributed by atoms with E-state index in [4.69, 9.17) is 17.0 Å². The standard InChI is InChI=1S/C23H25N3O3S/c1-3-13-26-22(28)19-11-10-18(15-20(19)25-23(26)30)21(27)24-12-7-14-29-16(2)17-8-5-4-6-9-17/h3-6,8-11,15-16H,1,7,12-14H2,2H3,(H,24,27)(H,25,30). The van der Waals surface area contributed by atoms with Crippen LogP contribution in [0.25, 0.3) is 10.9 Å². The van der Waals surface area contributed by atoms with Crippen molar-refractivity contribution in [1.82, 2.24) is 14.9 Å². The third-order valence-corrected chi connectivity index (χ3v) is 5.12. The van der Waals surface area contributed by atoms with E-state index < -0.39 is 0 Å². The van der Waals surface area contributed by atoms with Gasteiger partial charge in [0.15, 0.2) is 4.77 Å². The molecule has 0 aliphatic rings. The van der Waals surface area contributed by atoms with Gasteiger partial charge in [0.1, 0.15) is 0 Å². The van der Waals surface area contributed by atoms with E-state index in [9.17, 15) is 9.59 Å². The Morgan fingerprint density at radius 1 is 1.30 bits per heavy atom. The normalized spacial score (nSPS) is 11.9. The second-order valence-electron chi connectivity index (χ2n) is 6.93. The van der Waals surface area contributed by atoms with Crippen LogP contribution in [-0.4, -0.2) is 28.6 Å². The summed E-state index contributed by atoms with van der Waals surface area (Å²) in [5.41, 5.74) is 1.93. The first-order valence-electron chi connectivity index (χ1n) is 9.83. The Balaban J connectivity index is 1.56. The minimum Gasteiger partial charge on any atom is -0.374 e. The molecule has 0 saturated carbocycles. The highest BCUT2D eigenvalue weighted by Gasteiger charge is 2.10. The lowest BCUT2D eigenvalue weighted by Gasteiger charge is -2.13. The molecule has 1 heterocycles. The van der Waals surface area contributed by atoms with Crippen LogP contribution in [0.15, 0.2) is 66.0 Å². The Hall–Kier alpha value is -3.03. The second kappa shape index (κ2) is 10.1. The van der Waals surface area contributed by atoms with Gasteiger partial charge in [-0.1, -0.05) is 36.4 Å². The number of nitrogens with zero attached hydrogens (tertiary/aromatic N) is 1.